The highest BCUT2D eigenvalue weighted by Crippen LogP contribution is 2.28. The molecule has 0 bridgehead atoms. The summed E-state index contributed by atoms with van der Waals surface area (Å²) < 4.78 is 0. The average Bonchev–Trinajstić information content (AvgIpc) is 2.75. The number of carbonyl (C=O) groups is 1. The van der Waals surface area contributed by atoms with Crippen LogP contribution in [0.15, 0.2) is 54.6 Å². The molecule has 0 radical (unpaired) electrons. The Morgan fingerprint density at radius 3 is 2.75 bits per heavy atom. The molecule has 1 heterocycles. The van der Waals surface area contributed by atoms with Gasteiger partial charge in [-0.05, 0) is 29.2 Å². The third-order valence-electron chi connectivity index (χ3n) is 3.68. The molecular formula is C18H17NO. The molecule has 0 saturated heterocycles. The van der Waals surface area contributed by atoms with Crippen LogP contribution in [0.3, 0.4) is 0 Å². The van der Waals surface area contributed by atoms with Crippen molar-refractivity contribution >= 4 is 17.7 Å². The van der Waals surface area contributed by atoms with E-state index in [2.05, 4.69) is 36.4 Å². The van der Waals surface area contributed by atoms with Crippen LogP contribution in [0.2, 0.25) is 0 Å². The molecule has 100 valence electrons. The number of hydrogen-bond donors (Lipinski definition) is 0. The quantitative estimate of drug-likeness (QED) is 0.830. The monoisotopic (exact) mass is 263 g/mol. The molecule has 20 heavy (non-hydrogen) atoms. The number of carbonyl (C=O) groups excluding carboxylic acids is 1. The Labute approximate surface area is 119 Å². The number of hydrogen-bond acceptors (Lipinski definition) is 1. The summed E-state index contributed by atoms with van der Waals surface area (Å²) in [6, 6.07) is 16.6. The topological polar surface area (TPSA) is 20.3 Å². The molecule has 2 aromatic rings. The van der Waals surface area contributed by atoms with E-state index in [1.54, 1.807) is 4.90 Å². The van der Waals surface area contributed by atoms with E-state index in [1.165, 1.54) is 11.1 Å². The van der Waals surface area contributed by atoms with Crippen molar-refractivity contribution in [2.45, 2.75) is 12.8 Å². The van der Waals surface area contributed by atoms with Crippen LogP contribution in [0.25, 0.3) is 6.08 Å². The van der Waals surface area contributed by atoms with Crippen LogP contribution in [0.5, 0.6) is 0 Å². The van der Waals surface area contributed by atoms with Gasteiger partial charge in [-0.3, -0.25) is 4.79 Å². The van der Waals surface area contributed by atoms with E-state index in [4.69, 9.17) is 0 Å². The van der Waals surface area contributed by atoms with Gasteiger partial charge in [0.1, 0.15) is 0 Å². The van der Waals surface area contributed by atoms with Gasteiger partial charge in [0.05, 0.1) is 6.42 Å². The Kier molecular flexibility index (Phi) is 3.38. The Morgan fingerprint density at radius 2 is 1.95 bits per heavy atom. The fraction of sp³-hybridized carbons (Fsp3) is 0.167. The van der Waals surface area contributed by atoms with Crippen molar-refractivity contribution in [3.05, 3.63) is 71.3 Å². The minimum Gasteiger partial charge on any atom is -0.315 e. The number of likely N-dealkylation sites (N-methyl/N-ethyl adjacent to an activating group) is 1. The Bertz CT molecular complexity index is 658. The van der Waals surface area contributed by atoms with Crippen molar-refractivity contribution in [2.24, 2.45) is 0 Å². The first-order valence-corrected chi connectivity index (χ1v) is 6.84. The zero-order valence-electron chi connectivity index (χ0n) is 11.5. The van der Waals surface area contributed by atoms with E-state index >= 15 is 0 Å². The fourth-order valence-electron chi connectivity index (χ4n) is 2.55. The number of fused-ring (bicyclic) bond motifs is 1. The predicted octanol–water partition coefficient (Wildman–Crippen LogP) is 3.46. The summed E-state index contributed by atoms with van der Waals surface area (Å²) in [5.41, 5.74) is 4.65. The highest BCUT2D eigenvalue weighted by Gasteiger charge is 2.23. The van der Waals surface area contributed by atoms with Crippen LogP contribution >= 0.6 is 0 Å². The van der Waals surface area contributed by atoms with Crippen LogP contribution in [0.1, 0.15) is 16.7 Å². The van der Waals surface area contributed by atoms with Crippen LogP contribution in [0, 0.1) is 0 Å². The first kappa shape index (κ1) is 12.7. The van der Waals surface area contributed by atoms with Gasteiger partial charge in [0.25, 0.3) is 0 Å². The lowest BCUT2D eigenvalue weighted by molar-refractivity contribution is -0.117. The maximum atomic E-state index is 11.7. The second-order valence-corrected chi connectivity index (χ2v) is 5.11. The van der Waals surface area contributed by atoms with Gasteiger partial charge < -0.3 is 4.90 Å². The number of amides is 1. The second-order valence-electron chi connectivity index (χ2n) is 5.11. The lowest BCUT2D eigenvalue weighted by Crippen LogP contribution is -2.20. The summed E-state index contributed by atoms with van der Waals surface area (Å²) in [5, 5.41) is 0. The van der Waals surface area contributed by atoms with Crippen molar-refractivity contribution in [1.29, 1.82) is 0 Å². The van der Waals surface area contributed by atoms with Gasteiger partial charge >= 0.3 is 0 Å². The lowest BCUT2D eigenvalue weighted by Gasteiger charge is -2.09. The molecule has 0 saturated carbocycles. The van der Waals surface area contributed by atoms with Crippen LogP contribution in [-0.2, 0) is 17.6 Å². The molecule has 2 nitrogen and oxygen atoms in total. The minimum atomic E-state index is 0.178. The van der Waals surface area contributed by atoms with E-state index < -0.39 is 0 Å². The second kappa shape index (κ2) is 5.33. The molecule has 3 rings (SSSR count). The van der Waals surface area contributed by atoms with Gasteiger partial charge in [0.15, 0.2) is 0 Å². The van der Waals surface area contributed by atoms with Gasteiger partial charge in [-0.25, -0.2) is 0 Å². The van der Waals surface area contributed by atoms with Crippen LogP contribution in [-0.4, -0.2) is 13.0 Å². The number of rotatable bonds is 3. The van der Waals surface area contributed by atoms with Crippen molar-refractivity contribution in [2.75, 3.05) is 11.9 Å². The molecule has 0 N–H and O–H groups in total. The van der Waals surface area contributed by atoms with E-state index in [9.17, 15) is 4.79 Å². The molecule has 0 atom stereocenters. The Morgan fingerprint density at radius 1 is 1.15 bits per heavy atom. The largest absolute Gasteiger partial charge is 0.315 e. The lowest BCUT2D eigenvalue weighted by atomic mass is 10.1. The fourth-order valence-corrected chi connectivity index (χ4v) is 2.55. The third-order valence-corrected chi connectivity index (χ3v) is 3.68. The summed E-state index contributed by atoms with van der Waals surface area (Å²) >= 11 is 0. The first-order valence-electron chi connectivity index (χ1n) is 6.84. The molecule has 1 aliphatic rings. The summed E-state index contributed by atoms with van der Waals surface area (Å²) in [6.07, 6.45) is 5.71. The van der Waals surface area contributed by atoms with E-state index in [-0.39, 0.29) is 5.91 Å². The Balaban J connectivity index is 1.72. The van der Waals surface area contributed by atoms with Crippen LogP contribution in [0.4, 0.5) is 5.69 Å². The van der Waals surface area contributed by atoms with Crippen molar-refractivity contribution in [1.82, 2.24) is 0 Å². The van der Waals surface area contributed by atoms with Gasteiger partial charge in [0.2, 0.25) is 5.91 Å². The zero-order chi connectivity index (χ0) is 13.9. The van der Waals surface area contributed by atoms with Crippen molar-refractivity contribution in [3.63, 3.8) is 0 Å². The molecule has 0 fully saturated rings. The van der Waals surface area contributed by atoms with Gasteiger partial charge in [-0.15, -0.1) is 0 Å². The SMILES string of the molecule is CN1C(=O)Cc2cc(C/C=C/c3ccccc3)ccc21. The molecule has 1 amide bonds. The molecule has 0 spiro atoms. The molecule has 1 aliphatic heterocycles. The zero-order valence-corrected chi connectivity index (χ0v) is 11.5. The highest BCUT2D eigenvalue weighted by molar-refractivity contribution is 6.00. The summed E-state index contributed by atoms with van der Waals surface area (Å²) in [6.45, 7) is 0. The maximum absolute atomic E-state index is 11.7. The van der Waals surface area contributed by atoms with E-state index in [1.807, 2.05) is 31.3 Å². The van der Waals surface area contributed by atoms with Crippen LogP contribution < -0.4 is 4.90 Å². The molecule has 0 aromatic heterocycles. The normalized spacial score (nSPS) is 14.1. The molecule has 0 unspecified atom stereocenters. The summed E-state index contributed by atoms with van der Waals surface area (Å²) in [7, 11) is 1.84. The summed E-state index contributed by atoms with van der Waals surface area (Å²) in [4.78, 5) is 13.4. The van der Waals surface area contributed by atoms with Gasteiger partial charge in [0, 0.05) is 12.7 Å². The number of allylic oxidation sites excluding steroid dienone is 1. The number of benzene rings is 2. The van der Waals surface area contributed by atoms with Gasteiger partial charge in [-0.1, -0.05) is 54.6 Å². The average molecular weight is 263 g/mol. The number of anilines is 1. The van der Waals surface area contributed by atoms with E-state index in [0.717, 1.165) is 17.7 Å². The highest BCUT2D eigenvalue weighted by atomic mass is 16.2. The smallest absolute Gasteiger partial charge is 0.231 e. The first-order chi connectivity index (χ1) is 9.74. The third kappa shape index (κ3) is 2.50. The maximum Gasteiger partial charge on any atom is 0.231 e. The number of nitrogens with zero attached hydrogens (tertiary/aromatic N) is 1. The van der Waals surface area contributed by atoms with E-state index in [0.29, 0.717) is 6.42 Å². The predicted molar refractivity (Wildman–Crippen MR) is 82.7 cm³/mol. The molecule has 2 aromatic carbocycles. The Hall–Kier alpha value is -2.35. The minimum absolute atomic E-state index is 0.178. The molecule has 0 aliphatic carbocycles. The van der Waals surface area contributed by atoms with Crippen molar-refractivity contribution < 1.29 is 4.79 Å². The van der Waals surface area contributed by atoms with Gasteiger partial charge in [-0.2, -0.15) is 0 Å². The summed E-state index contributed by atoms with van der Waals surface area (Å²) in [5.74, 6) is 0.178. The molecule has 2 heteroatoms. The van der Waals surface area contributed by atoms with Crippen molar-refractivity contribution in [3.8, 4) is 0 Å². The standard InChI is InChI=1S/C18H17NO/c1-19-17-11-10-15(12-16(17)13-18(19)20)9-5-8-14-6-3-2-4-7-14/h2-8,10-12H,9,13H2,1H3/b8-5+. The molecular weight excluding hydrogens is 246 g/mol.